The first kappa shape index (κ1) is 23.1. The summed E-state index contributed by atoms with van der Waals surface area (Å²) < 4.78 is 5.46. The SMILES string of the molecule is CC1(Nc2nccc(-c3ccc(N4CCOCC4)nc3)n2)CN=CC=C1N1CCN2C(C1)[C@H]1CC[C@@H]2C1. The zero-order valence-corrected chi connectivity index (χ0v) is 21.6. The molecule has 2 bridgehead atoms. The molecule has 7 rings (SSSR count). The molecule has 9 heteroatoms. The quantitative estimate of drug-likeness (QED) is 0.671. The summed E-state index contributed by atoms with van der Waals surface area (Å²) in [5.41, 5.74) is 2.79. The first-order valence-electron chi connectivity index (χ1n) is 13.8. The van der Waals surface area contributed by atoms with Crippen LogP contribution in [-0.4, -0.2) is 101 Å². The fraction of sp³-hybridized carbons (Fsp3) is 0.571. The molecule has 1 saturated carbocycles. The molecule has 4 aliphatic heterocycles. The van der Waals surface area contributed by atoms with Crippen molar-refractivity contribution in [3.8, 4) is 11.3 Å². The molecule has 4 fully saturated rings. The van der Waals surface area contributed by atoms with E-state index in [2.05, 4.69) is 55.1 Å². The second kappa shape index (κ2) is 9.36. The summed E-state index contributed by atoms with van der Waals surface area (Å²) in [6.07, 6.45) is 12.1. The molecule has 4 atom stereocenters. The maximum absolute atomic E-state index is 5.46. The average molecular weight is 501 g/mol. The number of nitrogens with zero attached hydrogens (tertiary/aromatic N) is 7. The van der Waals surface area contributed by atoms with Crippen molar-refractivity contribution in [2.24, 2.45) is 10.9 Å². The Hall–Kier alpha value is -3.04. The Balaban J connectivity index is 1.08. The van der Waals surface area contributed by atoms with E-state index < -0.39 is 0 Å². The highest BCUT2D eigenvalue weighted by atomic mass is 16.5. The summed E-state index contributed by atoms with van der Waals surface area (Å²) in [6, 6.07) is 7.64. The average Bonchev–Trinajstić information content (AvgIpc) is 3.57. The van der Waals surface area contributed by atoms with Gasteiger partial charge in [-0.3, -0.25) is 9.89 Å². The van der Waals surface area contributed by atoms with Crippen molar-refractivity contribution in [1.29, 1.82) is 0 Å². The minimum Gasteiger partial charge on any atom is -0.378 e. The van der Waals surface area contributed by atoms with Crippen molar-refractivity contribution < 1.29 is 4.74 Å². The maximum atomic E-state index is 5.46. The van der Waals surface area contributed by atoms with E-state index in [4.69, 9.17) is 14.7 Å². The Kier molecular flexibility index (Phi) is 5.85. The van der Waals surface area contributed by atoms with Gasteiger partial charge < -0.3 is 19.9 Å². The number of piperazine rings is 1. The molecule has 0 amide bonds. The zero-order valence-electron chi connectivity index (χ0n) is 21.6. The Morgan fingerprint density at radius 1 is 1.03 bits per heavy atom. The summed E-state index contributed by atoms with van der Waals surface area (Å²) in [5.74, 6) is 2.48. The molecular formula is C28H36N8O. The number of aliphatic imine (C=N–C) groups is 1. The van der Waals surface area contributed by atoms with Gasteiger partial charge in [0, 0.05) is 74.7 Å². The molecule has 6 heterocycles. The third-order valence-corrected chi connectivity index (χ3v) is 8.99. The molecule has 3 saturated heterocycles. The van der Waals surface area contributed by atoms with E-state index in [9.17, 15) is 0 Å². The van der Waals surface area contributed by atoms with Crippen LogP contribution in [0.2, 0.25) is 0 Å². The summed E-state index contributed by atoms with van der Waals surface area (Å²) >= 11 is 0. The van der Waals surface area contributed by atoms with Crippen LogP contribution >= 0.6 is 0 Å². The van der Waals surface area contributed by atoms with Gasteiger partial charge in [-0.1, -0.05) is 0 Å². The van der Waals surface area contributed by atoms with Crippen LogP contribution in [0.4, 0.5) is 11.8 Å². The van der Waals surface area contributed by atoms with E-state index in [0.29, 0.717) is 18.5 Å². The van der Waals surface area contributed by atoms with Gasteiger partial charge in [0.2, 0.25) is 5.95 Å². The van der Waals surface area contributed by atoms with Crippen LogP contribution in [0.3, 0.4) is 0 Å². The lowest BCUT2D eigenvalue weighted by Gasteiger charge is -2.48. The van der Waals surface area contributed by atoms with Gasteiger partial charge in [-0.25, -0.2) is 15.0 Å². The first-order chi connectivity index (χ1) is 18.2. The smallest absolute Gasteiger partial charge is 0.224 e. The van der Waals surface area contributed by atoms with Crippen molar-refractivity contribution in [2.45, 2.75) is 43.8 Å². The molecule has 0 radical (unpaired) electrons. The van der Waals surface area contributed by atoms with Crippen LogP contribution < -0.4 is 10.2 Å². The predicted octanol–water partition coefficient (Wildman–Crippen LogP) is 2.68. The van der Waals surface area contributed by atoms with Crippen LogP contribution in [0.5, 0.6) is 0 Å². The molecule has 9 nitrogen and oxygen atoms in total. The summed E-state index contributed by atoms with van der Waals surface area (Å²) in [5, 5.41) is 3.67. The highest BCUT2D eigenvalue weighted by molar-refractivity contribution is 5.75. The third-order valence-electron chi connectivity index (χ3n) is 8.99. The Morgan fingerprint density at radius 3 is 2.81 bits per heavy atom. The zero-order chi connectivity index (χ0) is 24.8. The van der Waals surface area contributed by atoms with E-state index in [-0.39, 0.29) is 5.54 Å². The number of fused-ring (bicyclic) bond motifs is 5. The van der Waals surface area contributed by atoms with Gasteiger partial charge in [-0.2, -0.15) is 0 Å². The van der Waals surface area contributed by atoms with E-state index in [1.54, 1.807) is 0 Å². The monoisotopic (exact) mass is 500 g/mol. The number of dihydropyridines is 1. The van der Waals surface area contributed by atoms with Crippen molar-refractivity contribution >= 4 is 18.0 Å². The van der Waals surface area contributed by atoms with Crippen molar-refractivity contribution in [3.05, 3.63) is 42.4 Å². The van der Waals surface area contributed by atoms with Crippen molar-refractivity contribution in [2.75, 3.05) is 62.7 Å². The lowest BCUT2D eigenvalue weighted by atomic mass is 9.91. The van der Waals surface area contributed by atoms with E-state index in [0.717, 1.165) is 75.0 Å². The maximum Gasteiger partial charge on any atom is 0.224 e. The normalized spacial score (nSPS) is 31.4. The van der Waals surface area contributed by atoms with Gasteiger partial charge in [0.15, 0.2) is 0 Å². The second-order valence-corrected chi connectivity index (χ2v) is 11.2. The van der Waals surface area contributed by atoms with Gasteiger partial charge in [0.1, 0.15) is 5.82 Å². The third kappa shape index (κ3) is 4.28. The number of rotatable bonds is 5. The lowest BCUT2D eigenvalue weighted by Crippen LogP contribution is -2.58. The molecule has 2 aromatic heterocycles. The van der Waals surface area contributed by atoms with Gasteiger partial charge in [0.25, 0.3) is 0 Å². The number of allylic oxidation sites excluding steroid dienone is 1. The topological polar surface area (TPSA) is 82.0 Å². The number of ether oxygens (including phenoxy) is 1. The van der Waals surface area contributed by atoms with Gasteiger partial charge in [-0.05, 0) is 56.4 Å². The molecule has 2 unspecified atom stereocenters. The second-order valence-electron chi connectivity index (χ2n) is 11.2. The van der Waals surface area contributed by atoms with Crippen LogP contribution in [0, 0.1) is 5.92 Å². The molecule has 2 aromatic rings. The van der Waals surface area contributed by atoms with Crippen LogP contribution in [0.15, 0.2) is 47.4 Å². The molecular weight excluding hydrogens is 464 g/mol. The number of piperidine rings is 1. The number of pyridine rings is 1. The molecule has 1 N–H and O–H groups in total. The minimum absolute atomic E-state index is 0.356. The fourth-order valence-electron chi connectivity index (χ4n) is 7.08. The van der Waals surface area contributed by atoms with Gasteiger partial charge >= 0.3 is 0 Å². The first-order valence-corrected chi connectivity index (χ1v) is 13.8. The van der Waals surface area contributed by atoms with Gasteiger partial charge in [-0.15, -0.1) is 0 Å². The number of hydrogen-bond acceptors (Lipinski definition) is 9. The van der Waals surface area contributed by atoms with Gasteiger partial charge in [0.05, 0.1) is 31.0 Å². The van der Waals surface area contributed by atoms with E-state index >= 15 is 0 Å². The standard InChI is InChI=1S/C28H36N8O/c1-28(19-29-8-7-25(28)35-10-11-36-22-4-2-20(16-22)24(36)18-35)33-27-30-9-6-23(32-27)21-3-5-26(31-17-21)34-12-14-37-15-13-34/h3,5-9,17,20,22,24H,2,4,10-16,18-19H2,1H3,(H,30,32,33)/t20-,22+,24?,28?/m0/s1. The Labute approximate surface area is 218 Å². The molecule has 1 aliphatic carbocycles. The summed E-state index contributed by atoms with van der Waals surface area (Å²) in [6.45, 7) is 9.50. The fourth-order valence-corrected chi connectivity index (χ4v) is 7.08. The molecule has 0 aromatic carbocycles. The predicted molar refractivity (Wildman–Crippen MR) is 145 cm³/mol. The number of anilines is 2. The molecule has 0 spiro atoms. The largest absolute Gasteiger partial charge is 0.378 e. The van der Waals surface area contributed by atoms with Crippen LogP contribution in [0.1, 0.15) is 26.2 Å². The molecule has 37 heavy (non-hydrogen) atoms. The van der Waals surface area contributed by atoms with Crippen molar-refractivity contribution in [1.82, 2.24) is 24.8 Å². The molecule has 194 valence electrons. The highest BCUT2D eigenvalue weighted by Gasteiger charge is 2.49. The van der Waals surface area contributed by atoms with Crippen molar-refractivity contribution in [3.63, 3.8) is 0 Å². The Morgan fingerprint density at radius 2 is 1.95 bits per heavy atom. The summed E-state index contributed by atoms with van der Waals surface area (Å²) in [7, 11) is 0. The summed E-state index contributed by atoms with van der Waals surface area (Å²) in [4.78, 5) is 26.5. The number of hydrogen-bond donors (Lipinski definition) is 1. The number of nitrogens with one attached hydrogen (secondary N) is 1. The molecule has 5 aliphatic rings. The minimum atomic E-state index is -0.356. The number of aromatic nitrogens is 3. The highest BCUT2D eigenvalue weighted by Crippen LogP contribution is 2.44. The Bertz CT molecular complexity index is 1190. The van der Waals surface area contributed by atoms with E-state index in [1.807, 2.05) is 24.7 Å². The number of morpholine rings is 1. The van der Waals surface area contributed by atoms with Crippen LogP contribution in [0.25, 0.3) is 11.3 Å². The van der Waals surface area contributed by atoms with Crippen LogP contribution in [-0.2, 0) is 4.74 Å². The van der Waals surface area contributed by atoms with E-state index in [1.165, 1.54) is 25.0 Å². The lowest BCUT2D eigenvalue weighted by molar-refractivity contribution is 0.0546.